The molecule has 0 bridgehead atoms. The molecule has 2 N–H and O–H groups in total. The molecule has 2 rings (SSSR count). The number of nitrogens with zero attached hydrogens (tertiary/aromatic N) is 2. The molecule has 12 heavy (non-hydrogen) atoms. The summed E-state index contributed by atoms with van der Waals surface area (Å²) in [5.74, 6) is 1.21. The molecule has 0 saturated carbocycles. The molecule has 0 radical (unpaired) electrons. The Balaban J connectivity index is 2.11. The van der Waals surface area contributed by atoms with Gasteiger partial charge in [-0.3, -0.25) is 0 Å². The molecule has 66 valence electrons. The first kappa shape index (κ1) is 7.70. The third-order valence-corrected chi connectivity index (χ3v) is 1.95. The Labute approximate surface area is 69.8 Å². The fourth-order valence-corrected chi connectivity index (χ4v) is 1.36. The molecule has 1 aromatic rings. The molecule has 0 amide bonds. The van der Waals surface area contributed by atoms with E-state index in [0.29, 0.717) is 24.7 Å². The lowest BCUT2D eigenvalue weighted by molar-refractivity contribution is 0.191. The van der Waals surface area contributed by atoms with Gasteiger partial charge in [0, 0.05) is 6.54 Å². The largest absolute Gasteiger partial charge is 0.392 e. The van der Waals surface area contributed by atoms with Gasteiger partial charge in [-0.05, 0) is 13.3 Å². The molecular formula is C7H11N3O2. The van der Waals surface area contributed by atoms with Gasteiger partial charge in [-0.1, -0.05) is 5.16 Å². The maximum Gasteiger partial charge on any atom is 0.243 e. The van der Waals surface area contributed by atoms with Crippen LogP contribution in [0.2, 0.25) is 0 Å². The normalized spacial score (nSPS) is 29.5. The minimum absolute atomic E-state index is 0.0289. The van der Waals surface area contributed by atoms with Crippen LogP contribution in [0.25, 0.3) is 0 Å². The summed E-state index contributed by atoms with van der Waals surface area (Å²) < 4.78 is 4.96. The van der Waals surface area contributed by atoms with Crippen LogP contribution in [0.3, 0.4) is 0 Å². The lowest BCUT2D eigenvalue weighted by atomic mass is 10.2. The van der Waals surface area contributed by atoms with Crippen molar-refractivity contribution >= 4 is 0 Å². The van der Waals surface area contributed by atoms with Crippen molar-refractivity contribution in [1.29, 1.82) is 0 Å². The van der Waals surface area contributed by atoms with Gasteiger partial charge < -0.3 is 14.9 Å². The topological polar surface area (TPSA) is 71.2 Å². The number of nitrogens with one attached hydrogen (secondary N) is 1. The molecule has 1 aliphatic heterocycles. The van der Waals surface area contributed by atoms with Crippen molar-refractivity contribution in [2.75, 3.05) is 6.54 Å². The van der Waals surface area contributed by atoms with E-state index in [1.807, 2.05) is 0 Å². The summed E-state index contributed by atoms with van der Waals surface area (Å²) in [6, 6.07) is 0.0289. The second kappa shape index (κ2) is 2.84. The highest BCUT2D eigenvalue weighted by atomic mass is 16.5. The number of aliphatic hydroxyl groups excluding tert-OH is 1. The molecule has 1 saturated heterocycles. The molecule has 5 heteroatoms. The second-order valence-corrected chi connectivity index (χ2v) is 3.03. The Kier molecular flexibility index (Phi) is 1.82. The molecule has 0 aromatic carbocycles. The van der Waals surface area contributed by atoms with Crippen molar-refractivity contribution in [3.05, 3.63) is 11.7 Å². The average molecular weight is 169 g/mol. The van der Waals surface area contributed by atoms with E-state index in [4.69, 9.17) is 4.52 Å². The zero-order valence-electron chi connectivity index (χ0n) is 6.82. The number of β-amino-alcohol motifs (C(OH)–C–C–N with tert-alkyl or cyclic N) is 1. The van der Waals surface area contributed by atoms with E-state index in [1.165, 1.54) is 0 Å². The minimum Gasteiger partial charge on any atom is -0.392 e. The zero-order chi connectivity index (χ0) is 8.55. The molecule has 1 aromatic heterocycles. The van der Waals surface area contributed by atoms with Gasteiger partial charge in [-0.25, -0.2) is 0 Å². The molecule has 0 spiro atoms. The maximum atomic E-state index is 9.22. The standard InChI is InChI=1S/C7H11N3O2/c1-4-9-7(12-10-4)6-2-5(11)3-8-6/h5-6,8,11H,2-3H2,1H3/t5-,6+/m0/s1. The number of rotatable bonds is 1. The Morgan fingerprint density at radius 2 is 2.50 bits per heavy atom. The third-order valence-electron chi connectivity index (χ3n) is 1.95. The van der Waals surface area contributed by atoms with E-state index in [9.17, 15) is 5.11 Å². The number of hydrogen-bond donors (Lipinski definition) is 2. The zero-order valence-corrected chi connectivity index (χ0v) is 6.82. The predicted molar refractivity (Wildman–Crippen MR) is 40.4 cm³/mol. The molecule has 1 fully saturated rings. The minimum atomic E-state index is -0.290. The van der Waals surface area contributed by atoms with E-state index < -0.39 is 0 Å². The number of aryl methyl sites for hydroxylation is 1. The highest BCUT2D eigenvalue weighted by molar-refractivity contribution is 4.96. The highest BCUT2D eigenvalue weighted by Crippen LogP contribution is 2.21. The van der Waals surface area contributed by atoms with E-state index in [2.05, 4.69) is 15.5 Å². The summed E-state index contributed by atoms with van der Waals surface area (Å²) in [6.07, 6.45) is 0.365. The van der Waals surface area contributed by atoms with Crippen LogP contribution in [0, 0.1) is 6.92 Å². The van der Waals surface area contributed by atoms with Gasteiger partial charge >= 0.3 is 0 Å². The lowest BCUT2D eigenvalue weighted by Gasteiger charge is -2.01. The van der Waals surface area contributed by atoms with Crippen LogP contribution in [0.15, 0.2) is 4.52 Å². The van der Waals surface area contributed by atoms with Gasteiger partial charge in [-0.15, -0.1) is 0 Å². The SMILES string of the molecule is Cc1noc([C@H]2C[C@H](O)CN2)n1. The number of hydrogen-bond acceptors (Lipinski definition) is 5. The van der Waals surface area contributed by atoms with Crippen LogP contribution in [0.1, 0.15) is 24.2 Å². The fraction of sp³-hybridized carbons (Fsp3) is 0.714. The van der Waals surface area contributed by atoms with E-state index in [0.717, 1.165) is 0 Å². The average Bonchev–Trinajstić information content (AvgIpc) is 2.58. The quantitative estimate of drug-likeness (QED) is 0.607. The summed E-state index contributed by atoms with van der Waals surface area (Å²) >= 11 is 0. The van der Waals surface area contributed by atoms with Crippen molar-refractivity contribution in [2.45, 2.75) is 25.5 Å². The van der Waals surface area contributed by atoms with Gasteiger partial charge in [0.2, 0.25) is 5.89 Å². The first-order valence-corrected chi connectivity index (χ1v) is 3.97. The number of aliphatic hydroxyl groups is 1. The van der Waals surface area contributed by atoms with Crippen molar-refractivity contribution in [3.63, 3.8) is 0 Å². The second-order valence-electron chi connectivity index (χ2n) is 3.03. The summed E-state index contributed by atoms with van der Waals surface area (Å²) in [7, 11) is 0. The lowest BCUT2D eigenvalue weighted by Crippen LogP contribution is -2.15. The van der Waals surface area contributed by atoms with Crippen LogP contribution in [-0.4, -0.2) is 27.9 Å². The van der Waals surface area contributed by atoms with Gasteiger partial charge in [0.15, 0.2) is 5.82 Å². The van der Waals surface area contributed by atoms with Gasteiger partial charge in [0.25, 0.3) is 0 Å². The molecule has 5 nitrogen and oxygen atoms in total. The van der Waals surface area contributed by atoms with E-state index >= 15 is 0 Å². The van der Waals surface area contributed by atoms with Crippen molar-refractivity contribution < 1.29 is 9.63 Å². The molecule has 0 aliphatic carbocycles. The smallest absolute Gasteiger partial charge is 0.243 e. The van der Waals surface area contributed by atoms with E-state index in [1.54, 1.807) is 6.92 Å². The van der Waals surface area contributed by atoms with Gasteiger partial charge in [0.1, 0.15) is 0 Å². The van der Waals surface area contributed by atoms with Crippen LogP contribution in [0.4, 0.5) is 0 Å². The van der Waals surface area contributed by atoms with Crippen LogP contribution >= 0.6 is 0 Å². The van der Waals surface area contributed by atoms with Crippen molar-refractivity contribution in [3.8, 4) is 0 Å². The molecular weight excluding hydrogens is 158 g/mol. The molecule has 2 atom stereocenters. The summed E-state index contributed by atoms with van der Waals surface area (Å²) in [5, 5.41) is 16.0. The summed E-state index contributed by atoms with van der Waals surface area (Å²) in [4.78, 5) is 4.08. The van der Waals surface area contributed by atoms with Gasteiger partial charge in [-0.2, -0.15) is 4.98 Å². The van der Waals surface area contributed by atoms with Crippen LogP contribution < -0.4 is 5.32 Å². The highest BCUT2D eigenvalue weighted by Gasteiger charge is 2.27. The van der Waals surface area contributed by atoms with Gasteiger partial charge in [0.05, 0.1) is 12.1 Å². The Morgan fingerprint density at radius 3 is 3.00 bits per heavy atom. The summed E-state index contributed by atoms with van der Waals surface area (Å²) in [5.41, 5.74) is 0. The first-order valence-electron chi connectivity index (χ1n) is 3.97. The Hall–Kier alpha value is -0.940. The Bertz CT molecular complexity index is 273. The van der Waals surface area contributed by atoms with Crippen LogP contribution in [0.5, 0.6) is 0 Å². The first-order chi connectivity index (χ1) is 5.75. The predicted octanol–water partition coefficient (Wildman–Crippen LogP) is -0.227. The Morgan fingerprint density at radius 1 is 1.67 bits per heavy atom. The third kappa shape index (κ3) is 1.33. The van der Waals surface area contributed by atoms with Crippen LogP contribution in [-0.2, 0) is 0 Å². The molecule has 2 heterocycles. The number of aromatic nitrogens is 2. The maximum absolute atomic E-state index is 9.22. The summed E-state index contributed by atoms with van der Waals surface area (Å²) in [6.45, 7) is 2.38. The fourth-order valence-electron chi connectivity index (χ4n) is 1.36. The molecule has 0 unspecified atom stereocenters. The van der Waals surface area contributed by atoms with Crippen molar-refractivity contribution in [2.24, 2.45) is 0 Å². The molecule has 1 aliphatic rings. The monoisotopic (exact) mass is 169 g/mol. The van der Waals surface area contributed by atoms with E-state index in [-0.39, 0.29) is 12.1 Å². The van der Waals surface area contributed by atoms with Crippen molar-refractivity contribution in [1.82, 2.24) is 15.5 Å².